The maximum atomic E-state index is 10.3. The molecule has 82 valence electrons. The standard InChI is InChI=1S/C11H22N2O/c1-11(14)8-13-7-4-10(11)9-2-5-12-6-3-9/h9-10,12-14H,2-8H2,1H3. The predicted molar refractivity (Wildman–Crippen MR) is 57.2 cm³/mol. The van der Waals surface area contributed by atoms with Gasteiger partial charge in [0.2, 0.25) is 0 Å². The molecule has 2 aliphatic rings. The van der Waals surface area contributed by atoms with Crippen molar-refractivity contribution in [3.05, 3.63) is 0 Å². The van der Waals surface area contributed by atoms with Crippen molar-refractivity contribution in [1.82, 2.24) is 10.6 Å². The molecule has 0 aromatic heterocycles. The highest BCUT2D eigenvalue weighted by atomic mass is 16.3. The summed E-state index contributed by atoms with van der Waals surface area (Å²) in [4.78, 5) is 0. The number of hydrogen-bond donors (Lipinski definition) is 3. The number of hydrogen-bond acceptors (Lipinski definition) is 3. The maximum absolute atomic E-state index is 10.3. The first kappa shape index (κ1) is 10.4. The Morgan fingerprint density at radius 2 is 1.71 bits per heavy atom. The van der Waals surface area contributed by atoms with Gasteiger partial charge < -0.3 is 15.7 Å². The third kappa shape index (κ3) is 2.10. The molecule has 14 heavy (non-hydrogen) atoms. The summed E-state index contributed by atoms with van der Waals surface area (Å²) in [5.41, 5.74) is -0.486. The molecular formula is C11H22N2O. The molecule has 2 unspecified atom stereocenters. The molecule has 0 bridgehead atoms. The lowest BCUT2D eigenvalue weighted by molar-refractivity contribution is -0.0500. The largest absolute Gasteiger partial charge is 0.389 e. The van der Waals surface area contributed by atoms with Crippen molar-refractivity contribution in [2.75, 3.05) is 26.2 Å². The second kappa shape index (κ2) is 4.17. The molecule has 0 radical (unpaired) electrons. The molecule has 3 heteroatoms. The zero-order valence-corrected chi connectivity index (χ0v) is 9.05. The summed E-state index contributed by atoms with van der Waals surface area (Å²) in [5.74, 6) is 1.24. The van der Waals surface area contributed by atoms with Crippen LogP contribution in [0.2, 0.25) is 0 Å². The van der Waals surface area contributed by atoms with E-state index in [1.165, 1.54) is 12.8 Å². The Labute approximate surface area is 86.3 Å². The van der Waals surface area contributed by atoms with E-state index in [4.69, 9.17) is 0 Å². The number of piperidine rings is 2. The first-order chi connectivity index (χ1) is 6.70. The van der Waals surface area contributed by atoms with E-state index in [0.29, 0.717) is 5.92 Å². The molecule has 2 aliphatic heterocycles. The SMILES string of the molecule is CC1(O)CNCCC1C1CCNCC1. The molecule has 0 aromatic rings. The molecule has 0 amide bonds. The van der Waals surface area contributed by atoms with Crippen molar-refractivity contribution in [2.24, 2.45) is 11.8 Å². The summed E-state index contributed by atoms with van der Waals surface area (Å²) < 4.78 is 0. The number of nitrogens with one attached hydrogen (secondary N) is 2. The Morgan fingerprint density at radius 1 is 1.07 bits per heavy atom. The smallest absolute Gasteiger partial charge is 0.0774 e. The van der Waals surface area contributed by atoms with Crippen molar-refractivity contribution < 1.29 is 5.11 Å². The minimum atomic E-state index is -0.486. The van der Waals surface area contributed by atoms with Crippen LogP contribution in [-0.4, -0.2) is 36.9 Å². The molecule has 0 aromatic carbocycles. The van der Waals surface area contributed by atoms with Crippen LogP contribution < -0.4 is 10.6 Å². The predicted octanol–water partition coefficient (Wildman–Crippen LogP) is 0.346. The lowest BCUT2D eigenvalue weighted by Gasteiger charge is -2.43. The van der Waals surface area contributed by atoms with Gasteiger partial charge >= 0.3 is 0 Å². The summed E-state index contributed by atoms with van der Waals surface area (Å²) >= 11 is 0. The second-order valence-corrected chi connectivity index (χ2v) is 5.02. The highest BCUT2D eigenvalue weighted by Gasteiger charge is 2.39. The maximum Gasteiger partial charge on any atom is 0.0774 e. The molecular weight excluding hydrogens is 176 g/mol. The average Bonchev–Trinajstić information content (AvgIpc) is 2.18. The molecule has 2 fully saturated rings. The first-order valence-corrected chi connectivity index (χ1v) is 5.84. The van der Waals surface area contributed by atoms with Crippen molar-refractivity contribution >= 4 is 0 Å². The molecule has 3 nitrogen and oxygen atoms in total. The van der Waals surface area contributed by atoms with Gasteiger partial charge in [0.25, 0.3) is 0 Å². The van der Waals surface area contributed by atoms with Gasteiger partial charge in [-0.15, -0.1) is 0 Å². The Morgan fingerprint density at radius 3 is 2.36 bits per heavy atom. The fraction of sp³-hybridized carbons (Fsp3) is 1.00. The van der Waals surface area contributed by atoms with Crippen LogP contribution in [0.3, 0.4) is 0 Å². The van der Waals surface area contributed by atoms with E-state index in [1.807, 2.05) is 6.92 Å². The van der Waals surface area contributed by atoms with Gasteiger partial charge in [0.05, 0.1) is 5.60 Å². The summed E-state index contributed by atoms with van der Waals surface area (Å²) in [6.07, 6.45) is 3.61. The van der Waals surface area contributed by atoms with Crippen LogP contribution in [0.4, 0.5) is 0 Å². The van der Waals surface area contributed by atoms with Crippen LogP contribution in [0.5, 0.6) is 0 Å². The van der Waals surface area contributed by atoms with Crippen molar-refractivity contribution in [2.45, 2.75) is 31.8 Å². The van der Waals surface area contributed by atoms with Crippen LogP contribution in [-0.2, 0) is 0 Å². The van der Waals surface area contributed by atoms with E-state index >= 15 is 0 Å². The quantitative estimate of drug-likeness (QED) is 0.569. The van der Waals surface area contributed by atoms with Gasteiger partial charge in [-0.05, 0) is 57.7 Å². The van der Waals surface area contributed by atoms with E-state index in [9.17, 15) is 5.11 Å². The first-order valence-electron chi connectivity index (χ1n) is 5.84. The highest BCUT2D eigenvalue weighted by Crippen LogP contribution is 2.34. The molecule has 0 spiro atoms. The van der Waals surface area contributed by atoms with Gasteiger partial charge in [-0.2, -0.15) is 0 Å². The van der Waals surface area contributed by atoms with Crippen molar-refractivity contribution in [3.63, 3.8) is 0 Å². The van der Waals surface area contributed by atoms with E-state index in [-0.39, 0.29) is 0 Å². The Bertz CT molecular complexity index is 188. The third-order valence-electron chi connectivity index (χ3n) is 3.87. The van der Waals surface area contributed by atoms with Crippen molar-refractivity contribution in [3.8, 4) is 0 Å². The Balaban J connectivity index is 1.99. The van der Waals surface area contributed by atoms with E-state index in [0.717, 1.165) is 38.5 Å². The van der Waals surface area contributed by atoms with Crippen LogP contribution >= 0.6 is 0 Å². The Hall–Kier alpha value is -0.120. The zero-order chi connectivity index (χ0) is 10.0. The second-order valence-electron chi connectivity index (χ2n) is 5.02. The van der Waals surface area contributed by atoms with Gasteiger partial charge in [0.15, 0.2) is 0 Å². The van der Waals surface area contributed by atoms with Gasteiger partial charge in [0, 0.05) is 6.54 Å². The van der Waals surface area contributed by atoms with Gasteiger partial charge in [-0.25, -0.2) is 0 Å². The minimum Gasteiger partial charge on any atom is -0.389 e. The summed E-state index contributed by atoms with van der Waals surface area (Å²) in [5, 5.41) is 17.0. The van der Waals surface area contributed by atoms with Crippen LogP contribution in [0, 0.1) is 11.8 Å². The number of β-amino-alcohol motifs (C(OH)–C–C–N with tert-alkyl or cyclic N) is 1. The molecule has 2 atom stereocenters. The number of aliphatic hydroxyl groups is 1. The van der Waals surface area contributed by atoms with Crippen LogP contribution in [0.25, 0.3) is 0 Å². The van der Waals surface area contributed by atoms with Crippen molar-refractivity contribution in [1.29, 1.82) is 0 Å². The highest BCUT2D eigenvalue weighted by molar-refractivity contribution is 4.93. The molecule has 2 saturated heterocycles. The average molecular weight is 198 g/mol. The normalized spacial score (nSPS) is 41.1. The molecule has 0 aliphatic carbocycles. The van der Waals surface area contributed by atoms with E-state index < -0.39 is 5.60 Å². The van der Waals surface area contributed by atoms with E-state index in [1.54, 1.807) is 0 Å². The lowest BCUT2D eigenvalue weighted by Crippen LogP contribution is -2.53. The minimum absolute atomic E-state index is 0.486. The fourth-order valence-corrected chi connectivity index (χ4v) is 3.03. The van der Waals surface area contributed by atoms with Gasteiger partial charge in [0.1, 0.15) is 0 Å². The fourth-order valence-electron chi connectivity index (χ4n) is 3.03. The summed E-state index contributed by atoms with van der Waals surface area (Å²) in [6, 6.07) is 0. The summed E-state index contributed by atoms with van der Waals surface area (Å²) in [7, 11) is 0. The monoisotopic (exact) mass is 198 g/mol. The zero-order valence-electron chi connectivity index (χ0n) is 9.05. The Kier molecular flexibility index (Phi) is 3.10. The molecule has 2 rings (SSSR count). The molecule has 3 N–H and O–H groups in total. The van der Waals surface area contributed by atoms with Crippen LogP contribution in [0.1, 0.15) is 26.2 Å². The lowest BCUT2D eigenvalue weighted by atomic mass is 9.72. The third-order valence-corrected chi connectivity index (χ3v) is 3.87. The van der Waals surface area contributed by atoms with Crippen LogP contribution in [0.15, 0.2) is 0 Å². The topological polar surface area (TPSA) is 44.3 Å². The molecule has 0 saturated carbocycles. The number of rotatable bonds is 1. The van der Waals surface area contributed by atoms with Gasteiger partial charge in [-0.3, -0.25) is 0 Å². The molecule has 2 heterocycles. The van der Waals surface area contributed by atoms with E-state index in [2.05, 4.69) is 10.6 Å². The van der Waals surface area contributed by atoms with Gasteiger partial charge in [-0.1, -0.05) is 0 Å². The summed E-state index contributed by atoms with van der Waals surface area (Å²) in [6.45, 7) is 6.09.